The fourth-order valence-electron chi connectivity index (χ4n) is 1.36. The molecule has 0 aliphatic carbocycles. The van der Waals surface area contributed by atoms with Crippen LogP contribution in [0.2, 0.25) is 0 Å². The topological polar surface area (TPSA) is 9.23 Å². The van der Waals surface area contributed by atoms with Crippen LogP contribution in [0.4, 0.5) is 0 Å². The lowest BCUT2D eigenvalue weighted by atomic mass is 10.2. The summed E-state index contributed by atoms with van der Waals surface area (Å²) in [5.74, 6) is 0.930. The van der Waals surface area contributed by atoms with Crippen LogP contribution in [0.5, 0.6) is 5.75 Å². The minimum absolute atomic E-state index is 0.896. The molecule has 1 aromatic heterocycles. The SMILES string of the molecule is COc1c(Br)ccc2cc(CBr)sc12. The largest absolute Gasteiger partial charge is 0.494 e. The van der Waals surface area contributed by atoms with Crippen molar-refractivity contribution in [1.29, 1.82) is 0 Å². The molecule has 0 saturated carbocycles. The molecule has 2 rings (SSSR count). The molecule has 0 radical (unpaired) electrons. The molecule has 0 aliphatic heterocycles. The van der Waals surface area contributed by atoms with Crippen molar-refractivity contribution >= 4 is 53.3 Å². The van der Waals surface area contributed by atoms with E-state index in [2.05, 4.69) is 44.0 Å². The van der Waals surface area contributed by atoms with E-state index in [0.717, 1.165) is 15.6 Å². The van der Waals surface area contributed by atoms with Gasteiger partial charge >= 0.3 is 0 Å². The Kier molecular flexibility index (Phi) is 3.14. The van der Waals surface area contributed by atoms with E-state index in [9.17, 15) is 0 Å². The molecule has 0 saturated heterocycles. The zero-order chi connectivity index (χ0) is 10.1. The maximum Gasteiger partial charge on any atom is 0.150 e. The Bertz CT molecular complexity index is 464. The second kappa shape index (κ2) is 4.21. The molecule has 4 heteroatoms. The first kappa shape index (κ1) is 10.5. The number of halogens is 2. The lowest BCUT2D eigenvalue weighted by Crippen LogP contribution is -1.83. The van der Waals surface area contributed by atoms with Gasteiger partial charge in [-0.15, -0.1) is 11.3 Å². The highest BCUT2D eigenvalue weighted by molar-refractivity contribution is 9.10. The van der Waals surface area contributed by atoms with Gasteiger partial charge in [0.05, 0.1) is 16.3 Å². The quantitative estimate of drug-likeness (QED) is 0.730. The van der Waals surface area contributed by atoms with E-state index in [1.54, 1.807) is 18.4 Å². The van der Waals surface area contributed by atoms with Crippen molar-refractivity contribution in [3.63, 3.8) is 0 Å². The molecule has 1 nitrogen and oxygen atoms in total. The van der Waals surface area contributed by atoms with E-state index in [1.807, 2.05) is 6.07 Å². The minimum atomic E-state index is 0.896. The average Bonchev–Trinajstić information content (AvgIpc) is 2.60. The Labute approximate surface area is 103 Å². The number of methoxy groups -OCH3 is 1. The molecule has 14 heavy (non-hydrogen) atoms. The van der Waals surface area contributed by atoms with Gasteiger partial charge < -0.3 is 4.74 Å². The number of rotatable bonds is 2. The monoisotopic (exact) mass is 334 g/mol. The smallest absolute Gasteiger partial charge is 0.150 e. The van der Waals surface area contributed by atoms with E-state index in [1.165, 1.54) is 15.0 Å². The predicted molar refractivity (Wildman–Crippen MR) is 68.7 cm³/mol. The van der Waals surface area contributed by atoms with E-state index in [0.29, 0.717) is 0 Å². The molecule has 0 N–H and O–H groups in total. The highest BCUT2D eigenvalue weighted by atomic mass is 79.9. The van der Waals surface area contributed by atoms with Crippen LogP contribution in [-0.4, -0.2) is 7.11 Å². The van der Waals surface area contributed by atoms with Crippen molar-refractivity contribution in [2.24, 2.45) is 0 Å². The normalized spacial score (nSPS) is 10.8. The Hall–Kier alpha value is -0.0600. The van der Waals surface area contributed by atoms with Crippen LogP contribution in [0.1, 0.15) is 4.88 Å². The summed E-state index contributed by atoms with van der Waals surface area (Å²) < 4.78 is 7.58. The zero-order valence-corrected chi connectivity index (χ0v) is 11.5. The fourth-order valence-corrected chi connectivity index (χ4v) is 3.53. The van der Waals surface area contributed by atoms with Gasteiger partial charge in [0.25, 0.3) is 0 Å². The molecule has 0 bridgehead atoms. The maximum absolute atomic E-state index is 5.36. The standard InChI is InChI=1S/C10H8Br2OS/c1-13-9-8(12)3-2-6-4-7(5-11)14-10(6)9/h2-4H,5H2,1H3. The molecule has 2 aromatic rings. The van der Waals surface area contributed by atoms with Crippen LogP contribution >= 0.6 is 43.2 Å². The molecule has 0 spiro atoms. The van der Waals surface area contributed by atoms with Crippen LogP contribution < -0.4 is 4.74 Å². The minimum Gasteiger partial charge on any atom is -0.494 e. The molecular weight excluding hydrogens is 328 g/mol. The summed E-state index contributed by atoms with van der Waals surface area (Å²) in [6.07, 6.45) is 0. The van der Waals surface area contributed by atoms with Crippen molar-refractivity contribution in [2.45, 2.75) is 5.33 Å². The summed E-state index contributed by atoms with van der Waals surface area (Å²) in [6.45, 7) is 0. The van der Waals surface area contributed by atoms with Crippen LogP contribution in [-0.2, 0) is 5.33 Å². The number of alkyl halides is 1. The van der Waals surface area contributed by atoms with Crippen molar-refractivity contribution in [3.8, 4) is 5.75 Å². The van der Waals surface area contributed by atoms with Crippen LogP contribution in [0.15, 0.2) is 22.7 Å². The number of thiophene rings is 1. The molecule has 0 unspecified atom stereocenters. The summed E-state index contributed by atoms with van der Waals surface area (Å²) in [4.78, 5) is 1.32. The van der Waals surface area contributed by atoms with E-state index in [4.69, 9.17) is 4.74 Å². The number of fused-ring (bicyclic) bond motifs is 1. The molecule has 74 valence electrons. The number of benzene rings is 1. The average molecular weight is 336 g/mol. The van der Waals surface area contributed by atoms with Crippen LogP contribution in [0.3, 0.4) is 0 Å². The molecule has 1 aromatic carbocycles. The summed E-state index contributed by atoms with van der Waals surface area (Å²) >= 11 is 8.70. The lowest BCUT2D eigenvalue weighted by Gasteiger charge is -2.03. The third kappa shape index (κ3) is 1.71. The second-order valence-corrected chi connectivity index (χ2v) is 5.40. The number of hydrogen-bond acceptors (Lipinski definition) is 2. The molecule has 0 atom stereocenters. The van der Waals surface area contributed by atoms with E-state index < -0.39 is 0 Å². The van der Waals surface area contributed by atoms with Gasteiger partial charge in [-0.2, -0.15) is 0 Å². The van der Waals surface area contributed by atoms with Gasteiger partial charge in [-0.1, -0.05) is 22.0 Å². The maximum atomic E-state index is 5.36. The second-order valence-electron chi connectivity index (χ2n) is 2.85. The molecule has 0 amide bonds. The van der Waals surface area contributed by atoms with E-state index in [-0.39, 0.29) is 0 Å². The third-order valence-electron chi connectivity index (χ3n) is 1.98. The highest BCUT2D eigenvalue weighted by Crippen LogP contribution is 2.39. The van der Waals surface area contributed by atoms with Crippen molar-refractivity contribution < 1.29 is 4.74 Å². The third-order valence-corrected chi connectivity index (χ3v) is 4.73. The highest BCUT2D eigenvalue weighted by Gasteiger charge is 2.09. The van der Waals surface area contributed by atoms with Crippen molar-refractivity contribution in [1.82, 2.24) is 0 Å². The molecule has 0 aliphatic rings. The number of hydrogen-bond donors (Lipinski definition) is 0. The Morgan fingerprint density at radius 2 is 2.21 bits per heavy atom. The lowest BCUT2D eigenvalue weighted by molar-refractivity contribution is 0.418. The molecule has 0 fully saturated rings. The Morgan fingerprint density at radius 3 is 2.86 bits per heavy atom. The van der Waals surface area contributed by atoms with Gasteiger partial charge in [0.15, 0.2) is 5.75 Å². The molecule has 1 heterocycles. The van der Waals surface area contributed by atoms with Crippen LogP contribution in [0, 0.1) is 0 Å². The van der Waals surface area contributed by atoms with Crippen molar-refractivity contribution in [2.75, 3.05) is 7.11 Å². The van der Waals surface area contributed by atoms with Crippen LogP contribution in [0.25, 0.3) is 10.1 Å². The first-order valence-corrected chi connectivity index (χ1v) is 6.80. The Morgan fingerprint density at radius 1 is 1.43 bits per heavy atom. The zero-order valence-electron chi connectivity index (χ0n) is 7.51. The first-order chi connectivity index (χ1) is 6.76. The van der Waals surface area contributed by atoms with Crippen molar-refractivity contribution in [3.05, 3.63) is 27.5 Å². The number of ether oxygens (including phenoxy) is 1. The van der Waals surface area contributed by atoms with Gasteiger partial charge in [0, 0.05) is 10.2 Å². The first-order valence-electron chi connectivity index (χ1n) is 4.07. The molecular formula is C10H8Br2OS. The fraction of sp³-hybridized carbons (Fsp3) is 0.200. The summed E-state index contributed by atoms with van der Waals surface area (Å²) in [6, 6.07) is 6.31. The van der Waals surface area contributed by atoms with Gasteiger partial charge in [0.1, 0.15) is 0 Å². The summed E-state index contributed by atoms with van der Waals surface area (Å²) in [5.41, 5.74) is 0. The predicted octanol–water partition coefficient (Wildman–Crippen LogP) is 4.57. The summed E-state index contributed by atoms with van der Waals surface area (Å²) in [7, 11) is 1.70. The van der Waals surface area contributed by atoms with E-state index >= 15 is 0 Å². The van der Waals surface area contributed by atoms with Gasteiger partial charge in [0.2, 0.25) is 0 Å². The summed E-state index contributed by atoms with van der Waals surface area (Å²) in [5, 5.41) is 2.14. The van der Waals surface area contributed by atoms with Gasteiger partial charge in [-0.3, -0.25) is 0 Å². The van der Waals surface area contributed by atoms with Gasteiger partial charge in [-0.25, -0.2) is 0 Å². The van der Waals surface area contributed by atoms with Gasteiger partial charge in [-0.05, 0) is 33.4 Å². The Balaban J connectivity index is 2.73.